The molecule has 4 N–H and O–H groups in total. The molecule has 1 atom stereocenters. The summed E-state index contributed by atoms with van der Waals surface area (Å²) in [6, 6.07) is 7.73. The van der Waals surface area contributed by atoms with Crippen LogP contribution in [-0.2, 0) is 4.79 Å². The summed E-state index contributed by atoms with van der Waals surface area (Å²) in [7, 11) is 0. The number of nitrogens with two attached hydrogens (primary N) is 2. The second-order valence-electron chi connectivity index (χ2n) is 8.79. The lowest BCUT2D eigenvalue weighted by molar-refractivity contribution is -0.118. The smallest absolute Gasteiger partial charge is 0.227 e. The Kier molecular flexibility index (Phi) is 5.17. The number of rotatable bonds is 3. The first-order chi connectivity index (χ1) is 15.4. The van der Waals surface area contributed by atoms with Crippen molar-refractivity contribution in [1.29, 1.82) is 0 Å². The number of Topliss-reactive ketones (excluding diaryl/α,β-unsaturated/α-hetero) is 1. The lowest BCUT2D eigenvalue weighted by Gasteiger charge is -2.41. The second kappa shape index (κ2) is 7.90. The highest BCUT2D eigenvalue weighted by molar-refractivity contribution is 7.99. The molecule has 0 amide bonds. The molecule has 1 spiro atoms. The monoisotopic (exact) mass is 450 g/mol. The van der Waals surface area contributed by atoms with E-state index in [1.807, 2.05) is 24.3 Å². The van der Waals surface area contributed by atoms with Crippen LogP contribution in [0.4, 0.5) is 11.6 Å². The normalized spacial score (nSPS) is 20.4. The number of hydrogen-bond acceptors (Lipinski definition) is 8. The summed E-state index contributed by atoms with van der Waals surface area (Å²) in [5, 5.41) is 1.61. The van der Waals surface area contributed by atoms with Gasteiger partial charge in [-0.15, -0.1) is 0 Å². The molecule has 3 heterocycles. The van der Waals surface area contributed by atoms with Gasteiger partial charge in [0.2, 0.25) is 5.91 Å². The zero-order chi connectivity index (χ0) is 22.5. The van der Waals surface area contributed by atoms with E-state index < -0.39 is 0 Å². The maximum Gasteiger partial charge on any atom is 0.227 e. The van der Waals surface area contributed by atoms with Crippen LogP contribution in [0.2, 0.25) is 0 Å². The van der Waals surface area contributed by atoms with Gasteiger partial charge in [0.1, 0.15) is 16.6 Å². The molecular weight excluding hydrogens is 424 g/mol. The van der Waals surface area contributed by atoms with E-state index in [1.54, 1.807) is 23.9 Å². The molecule has 0 radical (unpaired) electrons. The molecule has 1 saturated carbocycles. The third kappa shape index (κ3) is 3.55. The van der Waals surface area contributed by atoms with Crippen LogP contribution in [-0.4, -0.2) is 45.4 Å². The highest BCUT2D eigenvalue weighted by Gasteiger charge is 2.46. The van der Waals surface area contributed by atoms with Crippen molar-refractivity contribution in [3.63, 3.8) is 0 Å². The molecule has 1 saturated heterocycles. The molecule has 2 aliphatic rings. The number of benzene rings is 1. The summed E-state index contributed by atoms with van der Waals surface area (Å²) >= 11 is 1.44. The predicted molar refractivity (Wildman–Crippen MR) is 125 cm³/mol. The van der Waals surface area contributed by atoms with Crippen molar-refractivity contribution < 1.29 is 9.59 Å². The molecule has 1 aliphatic carbocycles. The molecule has 166 valence electrons. The van der Waals surface area contributed by atoms with Crippen LogP contribution in [0, 0.1) is 5.41 Å². The second-order valence-corrected chi connectivity index (χ2v) is 9.82. The summed E-state index contributed by atoms with van der Waals surface area (Å²) in [6.07, 6.45) is 6.41. The summed E-state index contributed by atoms with van der Waals surface area (Å²) in [5.41, 5.74) is 13.4. The number of aromatic nitrogens is 3. The summed E-state index contributed by atoms with van der Waals surface area (Å²) in [4.78, 5) is 36.1. The molecule has 5 rings (SSSR count). The van der Waals surface area contributed by atoms with Crippen molar-refractivity contribution in [2.24, 2.45) is 11.1 Å². The van der Waals surface area contributed by atoms with Gasteiger partial charge in [0, 0.05) is 55.4 Å². The van der Waals surface area contributed by atoms with E-state index >= 15 is 0 Å². The highest BCUT2D eigenvalue weighted by atomic mass is 32.2. The van der Waals surface area contributed by atoms with E-state index in [0.29, 0.717) is 23.7 Å². The Balaban J connectivity index is 1.33. The topological polar surface area (TPSA) is 120 Å². The zero-order valence-corrected chi connectivity index (χ0v) is 18.8. The Labute approximate surface area is 190 Å². The molecule has 8 nitrogen and oxygen atoms in total. The Bertz CT molecular complexity index is 1210. The molecule has 9 heteroatoms. The highest BCUT2D eigenvalue weighted by Crippen LogP contribution is 2.44. The van der Waals surface area contributed by atoms with Gasteiger partial charge in [-0.05, 0) is 36.5 Å². The number of carbonyl (C=O) groups is 2. The Morgan fingerprint density at radius 1 is 1.25 bits per heavy atom. The summed E-state index contributed by atoms with van der Waals surface area (Å²) in [5.74, 6) is 1.38. The molecule has 32 heavy (non-hydrogen) atoms. The number of carbonyl (C=O) groups excluding carboxylic acids is 2. The first kappa shape index (κ1) is 21.0. The van der Waals surface area contributed by atoms with Gasteiger partial charge in [0.05, 0.1) is 11.7 Å². The molecule has 0 bridgehead atoms. The van der Waals surface area contributed by atoms with Crippen LogP contribution in [0.25, 0.3) is 10.9 Å². The van der Waals surface area contributed by atoms with Crippen molar-refractivity contribution in [1.82, 2.24) is 14.5 Å². The maximum atomic E-state index is 11.9. The van der Waals surface area contributed by atoms with Crippen molar-refractivity contribution in [3.05, 3.63) is 36.7 Å². The van der Waals surface area contributed by atoms with Gasteiger partial charge < -0.3 is 16.4 Å². The number of nitrogens with zero attached hydrogens (tertiary/aromatic N) is 4. The van der Waals surface area contributed by atoms with E-state index in [4.69, 9.17) is 11.5 Å². The number of ketones is 1. The average molecular weight is 451 g/mol. The SMILES string of the molecule is CC(=O)n1ccc2c(Sc3ncc(N4CCC5(CC4)CC(=O)C[C@@H]5N)nc3N)cccc21. The molecule has 3 aromatic rings. The van der Waals surface area contributed by atoms with E-state index in [0.717, 1.165) is 47.5 Å². The standard InChI is InChI=1S/C23H26N6O2S/c1-14(30)29-8-5-16-17(29)3-2-4-18(16)32-22-21(25)27-20(13-26-22)28-9-6-23(7-10-28)12-15(31)11-19(23)24/h2-5,8,13,19H,6-7,9-12,24H2,1H3,(H2,25,27)/t19-/m0/s1. The van der Waals surface area contributed by atoms with E-state index in [9.17, 15) is 9.59 Å². The fourth-order valence-electron chi connectivity index (χ4n) is 5.01. The Morgan fingerprint density at radius 3 is 2.69 bits per heavy atom. The average Bonchev–Trinajstić information content (AvgIpc) is 3.31. The van der Waals surface area contributed by atoms with Crippen LogP contribution in [0.3, 0.4) is 0 Å². The minimum Gasteiger partial charge on any atom is -0.381 e. The van der Waals surface area contributed by atoms with Crippen molar-refractivity contribution >= 4 is 46.0 Å². The van der Waals surface area contributed by atoms with Gasteiger partial charge in [-0.1, -0.05) is 17.8 Å². The maximum absolute atomic E-state index is 11.9. The van der Waals surface area contributed by atoms with Gasteiger partial charge in [0.15, 0.2) is 5.82 Å². The Hall–Kier alpha value is -2.91. The summed E-state index contributed by atoms with van der Waals surface area (Å²) < 4.78 is 1.63. The van der Waals surface area contributed by atoms with Gasteiger partial charge in [-0.25, -0.2) is 9.97 Å². The fraction of sp³-hybridized carbons (Fsp3) is 0.391. The molecule has 1 aliphatic heterocycles. The van der Waals surface area contributed by atoms with Crippen molar-refractivity contribution in [2.45, 2.75) is 48.6 Å². The van der Waals surface area contributed by atoms with E-state index in [-0.39, 0.29) is 23.1 Å². The Morgan fingerprint density at radius 2 is 2.03 bits per heavy atom. The van der Waals surface area contributed by atoms with Gasteiger partial charge in [0.25, 0.3) is 0 Å². The van der Waals surface area contributed by atoms with Gasteiger partial charge >= 0.3 is 0 Å². The first-order valence-corrected chi connectivity index (χ1v) is 11.6. The number of fused-ring (bicyclic) bond motifs is 1. The molecule has 0 unspecified atom stereocenters. The number of anilines is 2. The first-order valence-electron chi connectivity index (χ1n) is 10.8. The van der Waals surface area contributed by atoms with Crippen LogP contribution >= 0.6 is 11.8 Å². The summed E-state index contributed by atoms with van der Waals surface area (Å²) in [6.45, 7) is 3.13. The third-order valence-corrected chi connectivity index (χ3v) is 7.94. The zero-order valence-electron chi connectivity index (χ0n) is 18.0. The molecule has 2 aromatic heterocycles. The van der Waals surface area contributed by atoms with Crippen molar-refractivity contribution in [2.75, 3.05) is 23.7 Å². The van der Waals surface area contributed by atoms with Crippen LogP contribution in [0.15, 0.2) is 46.6 Å². The predicted octanol–water partition coefficient (Wildman–Crippen LogP) is 3.10. The lowest BCUT2D eigenvalue weighted by atomic mass is 9.74. The van der Waals surface area contributed by atoms with Crippen LogP contribution < -0.4 is 16.4 Å². The molecular formula is C23H26N6O2S. The van der Waals surface area contributed by atoms with E-state index in [2.05, 4.69) is 14.9 Å². The van der Waals surface area contributed by atoms with Gasteiger partial charge in [-0.3, -0.25) is 14.2 Å². The van der Waals surface area contributed by atoms with Crippen LogP contribution in [0.5, 0.6) is 0 Å². The van der Waals surface area contributed by atoms with Gasteiger partial charge in [-0.2, -0.15) is 0 Å². The van der Waals surface area contributed by atoms with Crippen molar-refractivity contribution in [3.8, 4) is 0 Å². The minimum absolute atomic E-state index is 0.0305. The molecule has 1 aromatic carbocycles. The van der Waals surface area contributed by atoms with E-state index in [1.165, 1.54) is 11.8 Å². The number of hydrogen-bond donors (Lipinski definition) is 2. The fourth-order valence-corrected chi connectivity index (χ4v) is 5.90. The lowest BCUT2D eigenvalue weighted by Crippen LogP contribution is -2.47. The largest absolute Gasteiger partial charge is 0.381 e. The quantitative estimate of drug-likeness (QED) is 0.625. The van der Waals surface area contributed by atoms with Crippen LogP contribution in [0.1, 0.15) is 37.4 Å². The minimum atomic E-state index is -0.0582. The number of nitrogen functional groups attached to an aromatic ring is 1. The number of piperidine rings is 1. The third-order valence-electron chi connectivity index (χ3n) is 6.86. The molecule has 2 fully saturated rings.